The SMILES string of the molecule is CC1(C)CN(c2c(Br)cncc2[N+](=O)[O-])CC(CO)O1. The van der Waals surface area contributed by atoms with Crippen molar-refractivity contribution in [1.29, 1.82) is 0 Å². The van der Waals surface area contributed by atoms with Gasteiger partial charge in [-0.15, -0.1) is 0 Å². The van der Waals surface area contributed by atoms with Crippen molar-refractivity contribution in [3.05, 3.63) is 27.0 Å². The zero-order valence-electron chi connectivity index (χ0n) is 11.2. The van der Waals surface area contributed by atoms with Gasteiger partial charge in [-0.3, -0.25) is 15.1 Å². The van der Waals surface area contributed by atoms with Gasteiger partial charge in [0.1, 0.15) is 11.9 Å². The first kappa shape index (κ1) is 15.1. The number of aromatic nitrogens is 1. The number of morpholine rings is 1. The van der Waals surface area contributed by atoms with Gasteiger partial charge in [0.25, 0.3) is 0 Å². The van der Waals surface area contributed by atoms with E-state index in [1.165, 1.54) is 12.4 Å². The van der Waals surface area contributed by atoms with Crippen LogP contribution in [0.25, 0.3) is 0 Å². The number of aliphatic hydroxyl groups is 1. The van der Waals surface area contributed by atoms with E-state index in [1.54, 1.807) is 0 Å². The molecule has 1 aromatic heterocycles. The molecule has 0 spiro atoms. The number of hydrogen-bond donors (Lipinski definition) is 1. The molecule has 7 nitrogen and oxygen atoms in total. The maximum absolute atomic E-state index is 11.2. The minimum absolute atomic E-state index is 0.0613. The van der Waals surface area contributed by atoms with Gasteiger partial charge in [0.05, 0.1) is 27.7 Å². The van der Waals surface area contributed by atoms with Gasteiger partial charge in [-0.1, -0.05) is 0 Å². The van der Waals surface area contributed by atoms with E-state index in [9.17, 15) is 15.2 Å². The largest absolute Gasteiger partial charge is 0.394 e. The van der Waals surface area contributed by atoms with Crippen LogP contribution in [-0.4, -0.2) is 46.4 Å². The number of hydrogen-bond acceptors (Lipinski definition) is 6. The highest BCUT2D eigenvalue weighted by Gasteiger charge is 2.36. The Hall–Kier alpha value is -1.25. The van der Waals surface area contributed by atoms with Gasteiger partial charge in [0.2, 0.25) is 0 Å². The van der Waals surface area contributed by atoms with Crippen LogP contribution in [-0.2, 0) is 4.74 Å². The third-order valence-electron chi connectivity index (χ3n) is 3.05. The standard InChI is InChI=1S/C12H16BrN3O4/c1-12(2)7-15(5-8(6-17)20-12)11-9(13)3-14-4-10(11)16(18)19/h3-4,8,17H,5-7H2,1-2H3. The molecule has 0 aromatic carbocycles. The molecule has 1 aliphatic heterocycles. The van der Waals surface area contributed by atoms with E-state index < -0.39 is 10.5 Å². The van der Waals surface area contributed by atoms with Crippen molar-refractivity contribution in [2.24, 2.45) is 0 Å². The third kappa shape index (κ3) is 3.08. The Morgan fingerprint density at radius 2 is 2.35 bits per heavy atom. The molecule has 20 heavy (non-hydrogen) atoms. The highest BCUT2D eigenvalue weighted by atomic mass is 79.9. The van der Waals surface area contributed by atoms with E-state index in [0.29, 0.717) is 23.2 Å². The van der Waals surface area contributed by atoms with Crippen molar-refractivity contribution < 1.29 is 14.8 Å². The summed E-state index contributed by atoms with van der Waals surface area (Å²) < 4.78 is 6.28. The van der Waals surface area contributed by atoms with Gasteiger partial charge in [0.15, 0.2) is 0 Å². The van der Waals surface area contributed by atoms with E-state index >= 15 is 0 Å². The molecule has 1 aliphatic rings. The number of aliphatic hydroxyl groups excluding tert-OH is 1. The molecule has 2 heterocycles. The second-order valence-corrected chi connectivity index (χ2v) is 6.16. The number of pyridine rings is 1. The highest BCUT2D eigenvalue weighted by molar-refractivity contribution is 9.10. The summed E-state index contributed by atoms with van der Waals surface area (Å²) in [4.78, 5) is 16.4. The maximum Gasteiger partial charge on any atom is 0.311 e. The Kier molecular flexibility index (Phi) is 4.26. The molecule has 110 valence electrons. The minimum Gasteiger partial charge on any atom is -0.394 e. The summed E-state index contributed by atoms with van der Waals surface area (Å²) in [6.45, 7) is 4.54. The molecule has 0 aliphatic carbocycles. The Morgan fingerprint density at radius 1 is 1.65 bits per heavy atom. The zero-order valence-corrected chi connectivity index (χ0v) is 12.8. The van der Waals surface area contributed by atoms with Crippen LogP contribution < -0.4 is 4.90 Å². The fraction of sp³-hybridized carbons (Fsp3) is 0.583. The van der Waals surface area contributed by atoms with Gasteiger partial charge < -0.3 is 14.7 Å². The van der Waals surface area contributed by atoms with E-state index in [0.717, 1.165) is 0 Å². The molecular formula is C12H16BrN3O4. The summed E-state index contributed by atoms with van der Waals surface area (Å²) in [6.07, 6.45) is 2.38. The lowest BCUT2D eigenvalue weighted by molar-refractivity contribution is -0.384. The zero-order chi connectivity index (χ0) is 14.9. The van der Waals surface area contributed by atoms with Crippen molar-refractivity contribution in [3.63, 3.8) is 0 Å². The fourth-order valence-corrected chi connectivity index (χ4v) is 3.00. The van der Waals surface area contributed by atoms with Crippen LogP contribution in [0.5, 0.6) is 0 Å². The van der Waals surface area contributed by atoms with Crippen LogP contribution in [0, 0.1) is 10.1 Å². The van der Waals surface area contributed by atoms with E-state index in [-0.39, 0.29) is 18.4 Å². The summed E-state index contributed by atoms with van der Waals surface area (Å²) in [5.41, 5.74) is -0.0871. The van der Waals surface area contributed by atoms with E-state index in [1.807, 2.05) is 18.7 Å². The van der Waals surface area contributed by atoms with Gasteiger partial charge in [0, 0.05) is 19.3 Å². The first-order valence-corrected chi connectivity index (χ1v) is 6.95. The topological polar surface area (TPSA) is 88.7 Å². The smallest absolute Gasteiger partial charge is 0.311 e. The van der Waals surface area contributed by atoms with Gasteiger partial charge in [-0.2, -0.15) is 0 Å². The summed E-state index contributed by atoms with van der Waals surface area (Å²) in [5.74, 6) is 0. The summed E-state index contributed by atoms with van der Waals surface area (Å²) in [7, 11) is 0. The highest BCUT2D eigenvalue weighted by Crippen LogP contribution is 2.37. The Bertz CT molecular complexity index is 523. The third-order valence-corrected chi connectivity index (χ3v) is 3.63. The molecule has 2 rings (SSSR count). The number of ether oxygens (including phenoxy) is 1. The number of nitrogens with zero attached hydrogens (tertiary/aromatic N) is 3. The van der Waals surface area contributed by atoms with Crippen molar-refractivity contribution in [2.45, 2.75) is 25.6 Å². The number of nitro groups is 1. The second-order valence-electron chi connectivity index (χ2n) is 5.31. The van der Waals surface area contributed by atoms with Crippen LogP contribution >= 0.6 is 15.9 Å². The quantitative estimate of drug-likeness (QED) is 0.662. The van der Waals surface area contributed by atoms with Crippen LogP contribution in [0.3, 0.4) is 0 Å². The molecule has 8 heteroatoms. The lowest BCUT2D eigenvalue weighted by atomic mass is 10.0. The molecule has 0 bridgehead atoms. The van der Waals surface area contributed by atoms with Crippen molar-refractivity contribution >= 4 is 27.3 Å². The minimum atomic E-state index is -0.498. The van der Waals surface area contributed by atoms with Crippen molar-refractivity contribution in [1.82, 2.24) is 4.98 Å². The van der Waals surface area contributed by atoms with E-state index in [2.05, 4.69) is 20.9 Å². The Balaban J connectivity index is 2.42. The van der Waals surface area contributed by atoms with E-state index in [4.69, 9.17) is 4.74 Å². The molecule has 1 atom stereocenters. The molecule has 0 radical (unpaired) electrons. The molecule has 0 amide bonds. The molecule has 1 N–H and O–H groups in total. The first-order chi connectivity index (χ1) is 9.34. The predicted molar refractivity (Wildman–Crippen MR) is 76.8 cm³/mol. The van der Waals surface area contributed by atoms with Crippen LogP contribution in [0.2, 0.25) is 0 Å². The van der Waals surface area contributed by atoms with Crippen LogP contribution in [0.15, 0.2) is 16.9 Å². The Labute approximate surface area is 124 Å². The predicted octanol–water partition coefficient (Wildman–Crippen LogP) is 1.73. The fourth-order valence-electron chi connectivity index (χ4n) is 2.43. The summed E-state index contributed by atoms with van der Waals surface area (Å²) in [5, 5.41) is 20.5. The first-order valence-electron chi connectivity index (χ1n) is 6.15. The maximum atomic E-state index is 11.2. The summed E-state index contributed by atoms with van der Waals surface area (Å²) in [6, 6.07) is 0. The number of halogens is 1. The molecule has 1 saturated heterocycles. The van der Waals surface area contributed by atoms with Gasteiger partial charge in [-0.05, 0) is 29.8 Å². The molecule has 0 saturated carbocycles. The van der Waals surface area contributed by atoms with Gasteiger partial charge >= 0.3 is 5.69 Å². The Morgan fingerprint density at radius 3 is 2.95 bits per heavy atom. The number of anilines is 1. The molecule has 1 aromatic rings. The van der Waals surface area contributed by atoms with Crippen LogP contribution in [0.4, 0.5) is 11.4 Å². The van der Waals surface area contributed by atoms with Crippen LogP contribution in [0.1, 0.15) is 13.8 Å². The molecule has 1 unspecified atom stereocenters. The number of rotatable bonds is 3. The lowest BCUT2D eigenvalue weighted by Gasteiger charge is -2.43. The average Bonchev–Trinajstić information content (AvgIpc) is 2.36. The normalized spacial score (nSPS) is 21.8. The second kappa shape index (κ2) is 5.63. The molecular weight excluding hydrogens is 330 g/mol. The average molecular weight is 346 g/mol. The van der Waals surface area contributed by atoms with Crippen molar-refractivity contribution in [3.8, 4) is 0 Å². The van der Waals surface area contributed by atoms with Gasteiger partial charge in [-0.25, -0.2) is 0 Å². The summed E-state index contributed by atoms with van der Waals surface area (Å²) >= 11 is 3.32. The van der Waals surface area contributed by atoms with Crippen molar-refractivity contribution in [2.75, 3.05) is 24.6 Å². The lowest BCUT2D eigenvalue weighted by Crippen LogP contribution is -2.54. The molecule has 1 fully saturated rings. The monoisotopic (exact) mass is 345 g/mol.